The zero-order chi connectivity index (χ0) is 23.1. The van der Waals surface area contributed by atoms with Gasteiger partial charge in [0.15, 0.2) is 23.0 Å². The van der Waals surface area contributed by atoms with Crippen molar-refractivity contribution in [3.8, 4) is 23.0 Å². The molecule has 3 rings (SSSR count). The lowest BCUT2D eigenvalue weighted by atomic mass is 10.2. The third-order valence-electron chi connectivity index (χ3n) is 3.94. The Kier molecular flexibility index (Phi) is 8.49. The molecule has 0 unspecified atom stereocenters. The normalized spacial score (nSPS) is 11.4. The van der Waals surface area contributed by atoms with Crippen LogP contribution in [-0.2, 0) is 0 Å². The highest BCUT2D eigenvalue weighted by atomic mass is 127. The van der Waals surface area contributed by atoms with Gasteiger partial charge in [-0.1, -0.05) is 0 Å². The standard InChI is InChI=1S/C20H20I2N6O4/c1-3-31-16-7-12(5-14(21)18(16)29)9-23-26-20-27-24-11-28(20)25-10-13-6-15(22)19(30)17(8-13)32-4-2/h5-11,29-30H,3-4H2,1-2H3,(H,26,27)/b23-9-,25-10-. The summed E-state index contributed by atoms with van der Waals surface area (Å²) in [6, 6.07) is 6.94. The van der Waals surface area contributed by atoms with Crippen molar-refractivity contribution in [2.45, 2.75) is 13.8 Å². The number of hydrogen-bond acceptors (Lipinski definition) is 9. The van der Waals surface area contributed by atoms with E-state index in [2.05, 4.69) is 25.8 Å². The van der Waals surface area contributed by atoms with Crippen LogP contribution < -0.4 is 14.9 Å². The highest BCUT2D eigenvalue weighted by Crippen LogP contribution is 2.33. The lowest BCUT2D eigenvalue weighted by Crippen LogP contribution is -2.00. The second-order valence-electron chi connectivity index (χ2n) is 6.18. The number of hydrazone groups is 1. The molecule has 0 fully saturated rings. The fourth-order valence-electron chi connectivity index (χ4n) is 2.55. The van der Waals surface area contributed by atoms with Crippen LogP contribution in [0.1, 0.15) is 25.0 Å². The monoisotopic (exact) mass is 662 g/mol. The van der Waals surface area contributed by atoms with Gasteiger partial charge >= 0.3 is 0 Å². The van der Waals surface area contributed by atoms with E-state index >= 15 is 0 Å². The Balaban J connectivity index is 1.74. The van der Waals surface area contributed by atoms with Crippen LogP contribution in [0, 0.1) is 7.14 Å². The molecule has 32 heavy (non-hydrogen) atoms. The molecule has 0 saturated carbocycles. The number of nitrogens with one attached hydrogen (secondary N) is 1. The van der Waals surface area contributed by atoms with Gasteiger partial charge in [0.2, 0.25) is 0 Å². The van der Waals surface area contributed by atoms with E-state index in [-0.39, 0.29) is 11.5 Å². The fraction of sp³-hybridized carbons (Fsp3) is 0.200. The van der Waals surface area contributed by atoms with Gasteiger partial charge in [0, 0.05) is 0 Å². The van der Waals surface area contributed by atoms with E-state index < -0.39 is 0 Å². The average molecular weight is 662 g/mol. The van der Waals surface area contributed by atoms with Crippen LogP contribution in [0.3, 0.4) is 0 Å². The molecule has 0 bridgehead atoms. The first kappa shape index (κ1) is 24.0. The van der Waals surface area contributed by atoms with Gasteiger partial charge in [-0.2, -0.15) is 14.9 Å². The van der Waals surface area contributed by atoms with Gasteiger partial charge in [-0.05, 0) is 94.4 Å². The smallest absolute Gasteiger partial charge is 0.265 e. The SMILES string of the molecule is CCOc1cc(/C=N\Nc2nncn2/N=C\c2cc(I)c(O)c(OCC)c2)cc(I)c1O. The number of anilines is 1. The number of rotatable bonds is 9. The first-order valence-corrected chi connectivity index (χ1v) is 11.6. The highest BCUT2D eigenvalue weighted by molar-refractivity contribution is 14.1. The summed E-state index contributed by atoms with van der Waals surface area (Å²) >= 11 is 4.06. The van der Waals surface area contributed by atoms with Gasteiger partial charge in [-0.3, -0.25) is 0 Å². The number of ether oxygens (including phenoxy) is 2. The van der Waals surface area contributed by atoms with Gasteiger partial charge in [0.25, 0.3) is 5.95 Å². The topological polar surface area (TPSA) is 126 Å². The summed E-state index contributed by atoms with van der Waals surface area (Å²) in [4.78, 5) is 0. The molecule has 0 aliphatic carbocycles. The van der Waals surface area contributed by atoms with Crippen LogP contribution in [0.15, 0.2) is 40.8 Å². The van der Waals surface area contributed by atoms with Gasteiger partial charge in [0.1, 0.15) is 6.33 Å². The van der Waals surface area contributed by atoms with Crippen LogP contribution in [0.2, 0.25) is 0 Å². The van der Waals surface area contributed by atoms with Crippen molar-refractivity contribution in [1.29, 1.82) is 0 Å². The van der Waals surface area contributed by atoms with E-state index in [0.29, 0.717) is 37.8 Å². The van der Waals surface area contributed by atoms with E-state index in [0.717, 1.165) is 11.1 Å². The van der Waals surface area contributed by atoms with Crippen molar-refractivity contribution in [1.82, 2.24) is 14.9 Å². The Bertz CT molecular complexity index is 1150. The maximum absolute atomic E-state index is 10.1. The quantitative estimate of drug-likeness (QED) is 0.180. The summed E-state index contributed by atoms with van der Waals surface area (Å²) < 4.78 is 13.6. The van der Waals surface area contributed by atoms with Gasteiger partial charge in [0.05, 0.1) is 32.8 Å². The first-order chi connectivity index (χ1) is 15.4. The predicted octanol–water partition coefficient (Wildman–Crippen LogP) is 4.02. The minimum atomic E-state index is 0.0991. The largest absolute Gasteiger partial charge is 0.504 e. The van der Waals surface area contributed by atoms with Gasteiger partial charge in [-0.15, -0.1) is 10.2 Å². The Morgan fingerprint density at radius 2 is 1.53 bits per heavy atom. The molecule has 0 saturated heterocycles. The fourth-order valence-corrected chi connectivity index (χ4v) is 3.80. The van der Waals surface area contributed by atoms with Crippen molar-refractivity contribution in [3.63, 3.8) is 0 Å². The molecule has 0 amide bonds. The molecule has 3 N–H and O–H groups in total. The third kappa shape index (κ3) is 5.99. The second-order valence-corrected chi connectivity index (χ2v) is 8.50. The molecule has 10 nitrogen and oxygen atoms in total. The molecule has 3 aromatic rings. The molecule has 0 spiro atoms. The Labute approximate surface area is 211 Å². The van der Waals surface area contributed by atoms with Crippen molar-refractivity contribution in [2.75, 3.05) is 18.6 Å². The van der Waals surface area contributed by atoms with Crippen LogP contribution in [-0.4, -0.2) is 50.7 Å². The number of benzene rings is 2. The van der Waals surface area contributed by atoms with Crippen molar-refractivity contribution in [2.24, 2.45) is 10.2 Å². The third-order valence-corrected chi connectivity index (χ3v) is 5.59. The predicted molar refractivity (Wildman–Crippen MR) is 138 cm³/mol. The molecule has 12 heteroatoms. The molecule has 1 heterocycles. The summed E-state index contributed by atoms with van der Waals surface area (Å²) in [6.45, 7) is 4.57. The number of nitrogens with zero attached hydrogens (tertiary/aromatic N) is 5. The minimum Gasteiger partial charge on any atom is -0.504 e. The van der Waals surface area contributed by atoms with Crippen LogP contribution >= 0.6 is 45.2 Å². The Hall–Kier alpha value is -2.62. The molecule has 1 aromatic heterocycles. The molecule has 0 radical (unpaired) electrons. The molecule has 0 aliphatic heterocycles. The zero-order valence-electron chi connectivity index (χ0n) is 17.2. The summed E-state index contributed by atoms with van der Waals surface area (Å²) in [6.07, 6.45) is 4.60. The number of phenolic OH excluding ortho intramolecular Hbond substituents is 2. The number of aromatic hydroxyl groups is 2. The average Bonchev–Trinajstić information content (AvgIpc) is 3.21. The second kappa shape index (κ2) is 11.3. The van der Waals surface area contributed by atoms with E-state index in [1.54, 1.807) is 36.7 Å². The van der Waals surface area contributed by atoms with Crippen LogP contribution in [0.25, 0.3) is 0 Å². The minimum absolute atomic E-state index is 0.0991. The number of phenols is 2. The summed E-state index contributed by atoms with van der Waals surface area (Å²) in [7, 11) is 0. The Morgan fingerprint density at radius 3 is 2.09 bits per heavy atom. The maximum atomic E-state index is 10.1. The molecule has 0 atom stereocenters. The Morgan fingerprint density at radius 1 is 0.969 bits per heavy atom. The van der Waals surface area contributed by atoms with Crippen LogP contribution in [0.5, 0.6) is 23.0 Å². The molecule has 2 aromatic carbocycles. The van der Waals surface area contributed by atoms with Crippen molar-refractivity contribution in [3.05, 3.63) is 48.9 Å². The first-order valence-electron chi connectivity index (χ1n) is 9.47. The highest BCUT2D eigenvalue weighted by Gasteiger charge is 2.10. The van der Waals surface area contributed by atoms with Crippen LogP contribution in [0.4, 0.5) is 5.95 Å². The van der Waals surface area contributed by atoms with Gasteiger partial charge in [-0.25, -0.2) is 5.43 Å². The van der Waals surface area contributed by atoms with Crippen molar-refractivity contribution >= 4 is 63.6 Å². The summed E-state index contributed by atoms with van der Waals surface area (Å²) in [5.41, 5.74) is 4.26. The molecule has 0 aliphatic rings. The van der Waals surface area contributed by atoms with E-state index in [4.69, 9.17) is 9.47 Å². The zero-order valence-corrected chi connectivity index (χ0v) is 21.5. The molecule has 168 valence electrons. The molecular weight excluding hydrogens is 642 g/mol. The summed E-state index contributed by atoms with van der Waals surface area (Å²) in [5, 5.41) is 36.4. The maximum Gasteiger partial charge on any atom is 0.265 e. The lowest BCUT2D eigenvalue weighted by Gasteiger charge is -2.08. The van der Waals surface area contributed by atoms with Gasteiger partial charge < -0.3 is 19.7 Å². The molecular formula is C20H20I2N6O4. The van der Waals surface area contributed by atoms with E-state index in [9.17, 15) is 10.2 Å². The van der Waals surface area contributed by atoms with E-state index in [1.165, 1.54) is 11.0 Å². The van der Waals surface area contributed by atoms with E-state index in [1.807, 2.05) is 59.0 Å². The summed E-state index contributed by atoms with van der Waals surface area (Å²) in [5.74, 6) is 1.28. The van der Waals surface area contributed by atoms with Crippen molar-refractivity contribution < 1.29 is 19.7 Å². The lowest BCUT2D eigenvalue weighted by molar-refractivity contribution is 0.317. The number of halogens is 2. The number of aromatic nitrogens is 3. The number of hydrogen-bond donors (Lipinski definition) is 3.